The summed E-state index contributed by atoms with van der Waals surface area (Å²) in [5.41, 5.74) is 8.04. The summed E-state index contributed by atoms with van der Waals surface area (Å²) in [4.78, 5) is 24.6. The van der Waals surface area contributed by atoms with Crippen LogP contribution in [0.2, 0.25) is 0 Å². The number of carbonyl (C=O) groups excluding carboxylic acids is 2. The van der Waals surface area contributed by atoms with Gasteiger partial charge in [-0.1, -0.05) is 31.2 Å². The van der Waals surface area contributed by atoms with E-state index < -0.39 is 5.91 Å². The van der Waals surface area contributed by atoms with Crippen molar-refractivity contribution in [3.63, 3.8) is 0 Å². The number of nitrogens with two attached hydrogens (primary N) is 1. The third-order valence-electron chi connectivity index (χ3n) is 4.68. The highest BCUT2D eigenvalue weighted by Gasteiger charge is 2.26. The zero-order valence-corrected chi connectivity index (χ0v) is 14.3. The number of likely N-dealkylation sites (tertiary alicyclic amines) is 1. The van der Waals surface area contributed by atoms with Crippen LogP contribution in [0, 0.1) is 0 Å². The van der Waals surface area contributed by atoms with E-state index in [0.29, 0.717) is 24.4 Å². The van der Waals surface area contributed by atoms with Gasteiger partial charge in [-0.15, -0.1) is 0 Å². The van der Waals surface area contributed by atoms with Crippen LogP contribution in [0.1, 0.15) is 40.7 Å². The minimum Gasteiger partial charge on any atom is -0.457 e. The van der Waals surface area contributed by atoms with E-state index >= 15 is 0 Å². The normalized spacial score (nSPS) is 16.7. The molecule has 2 N–H and O–H groups in total. The zero-order valence-electron chi connectivity index (χ0n) is 14.3. The molecule has 1 heterocycles. The van der Waals surface area contributed by atoms with Crippen molar-refractivity contribution in [1.29, 1.82) is 0 Å². The summed E-state index contributed by atoms with van der Waals surface area (Å²) in [6, 6.07) is 13.3. The molecule has 0 bridgehead atoms. The molecule has 1 aliphatic rings. The van der Waals surface area contributed by atoms with Gasteiger partial charge in [0, 0.05) is 24.6 Å². The molecule has 1 saturated heterocycles. The van der Waals surface area contributed by atoms with Crippen LogP contribution in [0.4, 0.5) is 0 Å². The van der Waals surface area contributed by atoms with Gasteiger partial charge in [-0.25, -0.2) is 0 Å². The Morgan fingerprint density at radius 2 is 2.12 bits per heavy atom. The Bertz CT molecular complexity index is 788. The van der Waals surface area contributed by atoms with Gasteiger partial charge in [0.1, 0.15) is 11.5 Å². The van der Waals surface area contributed by atoms with Crippen molar-refractivity contribution in [2.24, 2.45) is 5.73 Å². The number of amides is 2. The second-order valence-electron chi connectivity index (χ2n) is 6.26. The van der Waals surface area contributed by atoms with Gasteiger partial charge in [-0.3, -0.25) is 9.59 Å². The summed E-state index contributed by atoms with van der Waals surface area (Å²) in [6.45, 7) is 3.39. The molecule has 0 radical (unpaired) electrons. The molecule has 130 valence electrons. The Balaban J connectivity index is 1.89. The van der Waals surface area contributed by atoms with Crippen molar-refractivity contribution in [3.8, 4) is 11.5 Å². The molecular formula is C20H22N2O3. The minimum absolute atomic E-state index is 0.129. The standard InChI is InChI=1S/C20H22N2O3/c1-2-14-5-3-4-6-19(14)25-16-7-8-17(18(11-16)20(21)24)15-9-10-22(12-15)13-23/h3-8,11,13,15H,2,9-10,12H2,1H3,(H2,21,24). The molecule has 1 unspecified atom stereocenters. The van der Waals surface area contributed by atoms with Gasteiger partial charge in [-0.05, 0) is 42.2 Å². The van der Waals surface area contributed by atoms with Crippen LogP contribution < -0.4 is 10.5 Å². The first-order chi connectivity index (χ1) is 12.1. The Morgan fingerprint density at radius 3 is 2.80 bits per heavy atom. The average molecular weight is 338 g/mol. The van der Waals surface area contributed by atoms with Crippen LogP contribution in [0.25, 0.3) is 0 Å². The first kappa shape index (κ1) is 17.0. The Morgan fingerprint density at radius 1 is 1.32 bits per heavy atom. The molecule has 25 heavy (non-hydrogen) atoms. The first-order valence-corrected chi connectivity index (χ1v) is 8.51. The van der Waals surface area contributed by atoms with E-state index in [-0.39, 0.29) is 5.92 Å². The van der Waals surface area contributed by atoms with Gasteiger partial charge in [-0.2, -0.15) is 0 Å². The van der Waals surface area contributed by atoms with Crippen LogP contribution in [0.5, 0.6) is 11.5 Å². The van der Waals surface area contributed by atoms with E-state index in [2.05, 4.69) is 6.92 Å². The summed E-state index contributed by atoms with van der Waals surface area (Å²) < 4.78 is 5.98. The summed E-state index contributed by atoms with van der Waals surface area (Å²) in [5, 5.41) is 0. The number of benzene rings is 2. The molecule has 0 saturated carbocycles. The predicted molar refractivity (Wildman–Crippen MR) is 95.8 cm³/mol. The van der Waals surface area contributed by atoms with Gasteiger partial charge in [0.25, 0.3) is 0 Å². The fraction of sp³-hybridized carbons (Fsp3) is 0.300. The van der Waals surface area contributed by atoms with Crippen molar-refractivity contribution in [2.75, 3.05) is 13.1 Å². The number of para-hydroxylation sites is 1. The van der Waals surface area contributed by atoms with Crippen LogP contribution in [0.3, 0.4) is 0 Å². The quantitative estimate of drug-likeness (QED) is 0.823. The predicted octanol–water partition coefficient (Wildman–Crippen LogP) is 3.09. The first-order valence-electron chi connectivity index (χ1n) is 8.51. The third kappa shape index (κ3) is 3.65. The lowest BCUT2D eigenvalue weighted by Crippen LogP contribution is -2.19. The number of ether oxygens (including phenoxy) is 1. The van der Waals surface area contributed by atoms with Crippen LogP contribution in [0.15, 0.2) is 42.5 Å². The lowest BCUT2D eigenvalue weighted by Gasteiger charge is -2.16. The second kappa shape index (κ2) is 7.38. The lowest BCUT2D eigenvalue weighted by molar-refractivity contribution is -0.117. The third-order valence-corrected chi connectivity index (χ3v) is 4.68. The maximum Gasteiger partial charge on any atom is 0.249 e. The number of aryl methyl sites for hydroxylation is 1. The van der Waals surface area contributed by atoms with E-state index in [0.717, 1.165) is 36.1 Å². The van der Waals surface area contributed by atoms with Gasteiger partial charge in [0.05, 0.1) is 0 Å². The molecule has 5 heteroatoms. The minimum atomic E-state index is -0.478. The Kier molecular flexibility index (Phi) is 5.03. The monoisotopic (exact) mass is 338 g/mol. The van der Waals surface area contributed by atoms with Crippen molar-refractivity contribution in [2.45, 2.75) is 25.7 Å². The topological polar surface area (TPSA) is 72.6 Å². The fourth-order valence-electron chi connectivity index (χ4n) is 3.33. The number of rotatable bonds is 6. The summed E-state index contributed by atoms with van der Waals surface area (Å²) >= 11 is 0. The average Bonchev–Trinajstić information content (AvgIpc) is 3.11. The van der Waals surface area contributed by atoms with Gasteiger partial charge >= 0.3 is 0 Å². The molecule has 5 nitrogen and oxygen atoms in total. The van der Waals surface area contributed by atoms with Crippen LogP contribution in [-0.2, 0) is 11.2 Å². The van der Waals surface area contributed by atoms with Crippen LogP contribution in [-0.4, -0.2) is 30.3 Å². The van der Waals surface area contributed by atoms with Gasteiger partial charge < -0.3 is 15.4 Å². The molecule has 0 aromatic heterocycles. The van der Waals surface area contributed by atoms with E-state index in [4.69, 9.17) is 10.5 Å². The maximum atomic E-state index is 11.9. The highest BCUT2D eigenvalue weighted by Crippen LogP contribution is 2.33. The van der Waals surface area contributed by atoms with Crippen molar-refractivity contribution in [1.82, 2.24) is 4.90 Å². The molecule has 1 atom stereocenters. The number of hydrogen-bond donors (Lipinski definition) is 1. The number of hydrogen-bond acceptors (Lipinski definition) is 3. The number of nitrogens with zero attached hydrogens (tertiary/aromatic N) is 1. The Hall–Kier alpha value is -2.82. The lowest BCUT2D eigenvalue weighted by atomic mass is 9.93. The molecule has 1 aliphatic heterocycles. The molecule has 1 fully saturated rings. The van der Waals surface area contributed by atoms with E-state index in [1.807, 2.05) is 36.4 Å². The van der Waals surface area contributed by atoms with E-state index in [1.54, 1.807) is 11.0 Å². The Labute approximate surface area is 147 Å². The highest BCUT2D eigenvalue weighted by atomic mass is 16.5. The highest BCUT2D eigenvalue weighted by molar-refractivity contribution is 5.95. The fourth-order valence-corrected chi connectivity index (χ4v) is 3.33. The summed E-state index contributed by atoms with van der Waals surface area (Å²) in [7, 11) is 0. The zero-order chi connectivity index (χ0) is 17.8. The smallest absolute Gasteiger partial charge is 0.249 e. The van der Waals surface area contributed by atoms with E-state index in [9.17, 15) is 9.59 Å². The van der Waals surface area contributed by atoms with Crippen molar-refractivity contribution in [3.05, 3.63) is 59.2 Å². The maximum absolute atomic E-state index is 11.9. The molecular weight excluding hydrogens is 316 g/mol. The largest absolute Gasteiger partial charge is 0.457 e. The molecule has 3 rings (SSSR count). The number of primary amides is 1. The molecule has 2 aromatic rings. The second-order valence-corrected chi connectivity index (χ2v) is 6.26. The SMILES string of the molecule is CCc1ccccc1Oc1ccc(C2CCN(C=O)C2)c(C(N)=O)c1. The number of carbonyl (C=O) groups is 2. The van der Waals surface area contributed by atoms with Crippen molar-refractivity contribution >= 4 is 12.3 Å². The molecule has 2 aromatic carbocycles. The summed E-state index contributed by atoms with van der Waals surface area (Å²) in [6.07, 6.45) is 2.54. The van der Waals surface area contributed by atoms with E-state index in [1.165, 1.54) is 0 Å². The molecule has 2 amide bonds. The van der Waals surface area contributed by atoms with Gasteiger partial charge in [0.2, 0.25) is 12.3 Å². The molecule has 0 aliphatic carbocycles. The molecule has 0 spiro atoms. The summed E-state index contributed by atoms with van der Waals surface area (Å²) in [5.74, 6) is 1.02. The van der Waals surface area contributed by atoms with Crippen LogP contribution >= 0.6 is 0 Å². The van der Waals surface area contributed by atoms with Crippen molar-refractivity contribution < 1.29 is 14.3 Å². The van der Waals surface area contributed by atoms with Gasteiger partial charge in [0.15, 0.2) is 0 Å².